The molecule has 82 valence electrons. The molecule has 16 heavy (non-hydrogen) atoms. The highest BCUT2D eigenvalue weighted by Crippen LogP contribution is 2.24. The van der Waals surface area contributed by atoms with E-state index in [9.17, 15) is 4.79 Å². The number of urea groups is 1. The third kappa shape index (κ3) is 1.72. The summed E-state index contributed by atoms with van der Waals surface area (Å²) in [5.74, 6) is 2.49. The fourth-order valence-corrected chi connectivity index (χ4v) is 1.78. The molecule has 1 aliphatic heterocycles. The van der Waals surface area contributed by atoms with Crippen molar-refractivity contribution in [3.63, 3.8) is 0 Å². The predicted molar refractivity (Wildman–Crippen MR) is 62.1 cm³/mol. The molecule has 4 heteroatoms. The van der Waals surface area contributed by atoms with Gasteiger partial charge in [-0.3, -0.25) is 4.90 Å². The first-order valence-electron chi connectivity index (χ1n) is 5.05. The molecule has 0 unspecified atom stereocenters. The van der Waals surface area contributed by atoms with Crippen LogP contribution in [0, 0.1) is 12.3 Å². The van der Waals surface area contributed by atoms with Crippen LogP contribution >= 0.6 is 0 Å². The molecular formula is C12H13N3O. The van der Waals surface area contributed by atoms with Gasteiger partial charge in [-0.2, -0.15) is 0 Å². The fourth-order valence-electron chi connectivity index (χ4n) is 1.78. The predicted octanol–water partition coefficient (Wildman–Crippen LogP) is 1.37. The van der Waals surface area contributed by atoms with E-state index in [1.165, 1.54) is 0 Å². The molecule has 2 heterocycles. The second kappa shape index (κ2) is 3.53. The number of amides is 2. The van der Waals surface area contributed by atoms with Crippen LogP contribution < -0.4 is 10.2 Å². The van der Waals surface area contributed by atoms with Crippen molar-refractivity contribution >= 4 is 11.7 Å². The molecule has 1 aromatic heterocycles. The third-order valence-corrected chi connectivity index (χ3v) is 2.46. The quantitative estimate of drug-likeness (QED) is 0.719. The van der Waals surface area contributed by atoms with Gasteiger partial charge < -0.3 is 5.32 Å². The maximum atomic E-state index is 11.8. The number of hydrogen-bond acceptors (Lipinski definition) is 2. The van der Waals surface area contributed by atoms with Crippen LogP contribution in [0.2, 0.25) is 0 Å². The molecule has 0 atom stereocenters. The lowest BCUT2D eigenvalue weighted by atomic mass is 10.1. The second-order valence-corrected chi connectivity index (χ2v) is 4.42. The van der Waals surface area contributed by atoms with Crippen LogP contribution in [0.1, 0.15) is 19.5 Å². The molecule has 0 bridgehead atoms. The van der Waals surface area contributed by atoms with E-state index in [2.05, 4.69) is 16.2 Å². The van der Waals surface area contributed by atoms with Gasteiger partial charge in [0.2, 0.25) is 0 Å². The maximum absolute atomic E-state index is 11.8. The number of carbonyl (C=O) groups excluding carboxylic acids is 1. The number of carbonyl (C=O) groups is 1. The zero-order chi connectivity index (χ0) is 11.8. The largest absolute Gasteiger partial charge is 0.331 e. The van der Waals surface area contributed by atoms with Crippen LogP contribution in [0.3, 0.4) is 0 Å². The van der Waals surface area contributed by atoms with Gasteiger partial charge in [0.05, 0.1) is 17.8 Å². The van der Waals surface area contributed by atoms with E-state index < -0.39 is 0 Å². The number of aromatic nitrogens is 1. The standard InChI is InChI=1S/C12H13N3O/c1-4-9-10(6-5-7-13-9)15-8-12(2,3)14-11(15)16/h1,5-7H,8H2,2-3H3,(H,14,16). The Balaban J connectivity index is 2.40. The van der Waals surface area contributed by atoms with Crippen molar-refractivity contribution in [1.82, 2.24) is 10.3 Å². The van der Waals surface area contributed by atoms with E-state index in [4.69, 9.17) is 6.42 Å². The number of pyridine rings is 1. The van der Waals surface area contributed by atoms with Crippen LogP contribution in [-0.2, 0) is 0 Å². The van der Waals surface area contributed by atoms with Crippen LogP contribution in [0.15, 0.2) is 18.3 Å². The highest BCUT2D eigenvalue weighted by Gasteiger charge is 2.36. The Morgan fingerprint density at radius 3 is 2.94 bits per heavy atom. The van der Waals surface area contributed by atoms with E-state index >= 15 is 0 Å². The summed E-state index contributed by atoms with van der Waals surface area (Å²) in [6.07, 6.45) is 6.98. The van der Waals surface area contributed by atoms with Gasteiger partial charge in [-0.05, 0) is 31.9 Å². The van der Waals surface area contributed by atoms with E-state index in [0.29, 0.717) is 17.9 Å². The summed E-state index contributed by atoms with van der Waals surface area (Å²) in [4.78, 5) is 17.5. The van der Waals surface area contributed by atoms with Crippen molar-refractivity contribution in [2.45, 2.75) is 19.4 Å². The van der Waals surface area contributed by atoms with Crippen molar-refractivity contribution in [3.05, 3.63) is 24.0 Å². The van der Waals surface area contributed by atoms with Crippen molar-refractivity contribution in [2.75, 3.05) is 11.4 Å². The molecule has 2 amide bonds. The monoisotopic (exact) mass is 215 g/mol. The molecule has 1 aromatic rings. The number of nitrogens with zero attached hydrogens (tertiary/aromatic N) is 2. The molecule has 0 radical (unpaired) electrons. The summed E-state index contributed by atoms with van der Waals surface area (Å²) in [5.41, 5.74) is 0.946. The molecule has 0 saturated carbocycles. The van der Waals surface area contributed by atoms with Gasteiger partial charge in [-0.1, -0.05) is 0 Å². The lowest BCUT2D eigenvalue weighted by Gasteiger charge is -2.18. The van der Waals surface area contributed by atoms with E-state index in [0.717, 1.165) is 0 Å². The van der Waals surface area contributed by atoms with Crippen molar-refractivity contribution in [3.8, 4) is 12.3 Å². The van der Waals surface area contributed by atoms with Gasteiger partial charge in [0, 0.05) is 6.20 Å². The smallest absolute Gasteiger partial charge is 0.322 e. The molecule has 0 aliphatic carbocycles. The highest BCUT2D eigenvalue weighted by molar-refractivity contribution is 5.96. The van der Waals surface area contributed by atoms with Crippen LogP contribution in [0.5, 0.6) is 0 Å². The fraction of sp³-hybridized carbons (Fsp3) is 0.333. The Hall–Kier alpha value is -2.02. The second-order valence-electron chi connectivity index (χ2n) is 4.42. The minimum Gasteiger partial charge on any atom is -0.331 e. The van der Waals surface area contributed by atoms with Gasteiger partial charge >= 0.3 is 6.03 Å². The molecule has 1 aliphatic rings. The summed E-state index contributed by atoms with van der Waals surface area (Å²) in [5, 5.41) is 2.88. The topological polar surface area (TPSA) is 45.2 Å². The van der Waals surface area contributed by atoms with Crippen molar-refractivity contribution in [2.24, 2.45) is 0 Å². The van der Waals surface area contributed by atoms with E-state index in [-0.39, 0.29) is 11.6 Å². The number of rotatable bonds is 1. The molecule has 1 saturated heterocycles. The minimum absolute atomic E-state index is 0.130. The average Bonchev–Trinajstić information content (AvgIpc) is 2.52. The average molecular weight is 215 g/mol. The Labute approximate surface area is 94.7 Å². The summed E-state index contributed by atoms with van der Waals surface area (Å²) in [6, 6.07) is 3.45. The van der Waals surface area contributed by atoms with Crippen LogP contribution in [0.25, 0.3) is 0 Å². The Morgan fingerprint density at radius 2 is 2.38 bits per heavy atom. The molecule has 2 rings (SSSR count). The van der Waals surface area contributed by atoms with Gasteiger partial charge in [0.1, 0.15) is 5.69 Å². The van der Waals surface area contributed by atoms with Gasteiger partial charge in [-0.15, -0.1) is 6.42 Å². The highest BCUT2D eigenvalue weighted by atomic mass is 16.2. The molecular weight excluding hydrogens is 202 g/mol. The van der Waals surface area contributed by atoms with Crippen molar-refractivity contribution in [1.29, 1.82) is 0 Å². The van der Waals surface area contributed by atoms with Crippen molar-refractivity contribution < 1.29 is 4.79 Å². The number of terminal acetylenes is 1. The number of anilines is 1. The summed E-state index contributed by atoms with van der Waals surface area (Å²) < 4.78 is 0. The molecule has 0 spiro atoms. The Morgan fingerprint density at radius 1 is 1.62 bits per heavy atom. The number of nitrogens with one attached hydrogen (secondary N) is 1. The SMILES string of the molecule is C#Cc1ncccc1N1CC(C)(C)NC1=O. The third-order valence-electron chi connectivity index (χ3n) is 2.46. The molecule has 4 nitrogen and oxygen atoms in total. The number of hydrogen-bond donors (Lipinski definition) is 1. The summed E-state index contributed by atoms with van der Waals surface area (Å²) in [7, 11) is 0. The summed E-state index contributed by atoms with van der Waals surface area (Å²) in [6.45, 7) is 4.53. The van der Waals surface area contributed by atoms with Gasteiger partial charge in [-0.25, -0.2) is 9.78 Å². The molecule has 0 aromatic carbocycles. The first kappa shape index (κ1) is 10.5. The Bertz CT molecular complexity index is 473. The maximum Gasteiger partial charge on any atom is 0.322 e. The first-order valence-corrected chi connectivity index (χ1v) is 5.05. The molecule has 1 fully saturated rings. The van der Waals surface area contributed by atoms with E-state index in [1.807, 2.05) is 19.9 Å². The van der Waals surface area contributed by atoms with E-state index in [1.54, 1.807) is 17.2 Å². The normalized spacial score (nSPS) is 18.1. The van der Waals surface area contributed by atoms with Crippen LogP contribution in [-0.4, -0.2) is 23.1 Å². The zero-order valence-electron chi connectivity index (χ0n) is 9.32. The van der Waals surface area contributed by atoms with Gasteiger partial charge in [0.15, 0.2) is 0 Å². The lowest BCUT2D eigenvalue weighted by molar-refractivity contribution is 0.248. The first-order chi connectivity index (χ1) is 7.53. The Kier molecular flexibility index (Phi) is 2.31. The summed E-state index contributed by atoms with van der Waals surface area (Å²) >= 11 is 0. The molecule has 1 N–H and O–H groups in total. The lowest BCUT2D eigenvalue weighted by Crippen LogP contribution is -2.36. The van der Waals surface area contributed by atoms with Gasteiger partial charge in [0.25, 0.3) is 0 Å². The zero-order valence-corrected chi connectivity index (χ0v) is 9.32. The van der Waals surface area contributed by atoms with Crippen LogP contribution in [0.4, 0.5) is 10.5 Å². The minimum atomic E-state index is -0.237.